The highest BCUT2D eigenvalue weighted by molar-refractivity contribution is 5.62. The Morgan fingerprint density at radius 2 is 1.87 bits per heavy atom. The van der Waals surface area contributed by atoms with Gasteiger partial charge in [-0.3, -0.25) is 9.67 Å². The topological polar surface area (TPSA) is 43.2 Å². The van der Waals surface area contributed by atoms with Crippen molar-refractivity contribution in [1.82, 2.24) is 19.7 Å². The van der Waals surface area contributed by atoms with Gasteiger partial charge in [-0.05, 0) is 24.8 Å². The molecule has 1 saturated carbocycles. The van der Waals surface area contributed by atoms with Crippen molar-refractivity contribution in [2.75, 3.05) is 19.6 Å². The summed E-state index contributed by atoms with van der Waals surface area (Å²) in [6.45, 7) is 3.75. The van der Waals surface area contributed by atoms with Crippen molar-refractivity contribution in [2.45, 2.75) is 18.9 Å². The van der Waals surface area contributed by atoms with Crippen LogP contribution in [0.5, 0.6) is 5.75 Å². The number of pyridine rings is 1. The summed E-state index contributed by atoms with van der Waals surface area (Å²) in [4.78, 5) is 7.02. The van der Waals surface area contributed by atoms with Crippen LogP contribution in [-0.2, 0) is 7.05 Å². The molecule has 120 valence electrons. The third-order valence-corrected chi connectivity index (χ3v) is 5.73. The fourth-order valence-electron chi connectivity index (χ4n) is 4.92. The maximum atomic E-state index is 6.44. The lowest BCUT2D eigenvalue weighted by Gasteiger charge is -2.55. The molecule has 4 fully saturated rings. The maximum absolute atomic E-state index is 6.44. The molecule has 0 aromatic carbocycles. The Hall–Kier alpha value is -1.88. The van der Waals surface area contributed by atoms with Crippen molar-refractivity contribution in [3.63, 3.8) is 0 Å². The summed E-state index contributed by atoms with van der Waals surface area (Å²) in [7, 11) is 1.93. The smallest absolute Gasteiger partial charge is 0.138 e. The molecule has 0 N–H and O–H groups in total. The van der Waals surface area contributed by atoms with E-state index < -0.39 is 0 Å². The third-order valence-electron chi connectivity index (χ3n) is 5.73. The van der Waals surface area contributed by atoms with E-state index in [1.165, 1.54) is 32.5 Å². The second-order valence-corrected chi connectivity index (χ2v) is 7.47. The quantitative estimate of drug-likeness (QED) is 0.872. The molecular formula is C18H22N4O. The Bertz CT molecular complexity index is 697. The molecule has 4 aliphatic rings. The molecule has 1 aliphatic carbocycles. The van der Waals surface area contributed by atoms with Crippen LogP contribution >= 0.6 is 0 Å². The van der Waals surface area contributed by atoms with Crippen molar-refractivity contribution in [3.8, 4) is 16.9 Å². The Labute approximate surface area is 136 Å². The highest BCUT2D eigenvalue weighted by atomic mass is 16.5. The van der Waals surface area contributed by atoms with Crippen molar-refractivity contribution < 1.29 is 4.74 Å². The highest BCUT2D eigenvalue weighted by Crippen LogP contribution is 2.45. The standard InChI is InChI=1S/C18H22N4O/c1-21-9-16(6-20-21)13-4-17(7-19-5-13)23-18-14-2-12-3-15(18)11-22(8-12)10-14/h4-7,9,12,14-15,18H,2-3,8,10-11H2,1H3/t12?,14-,15-,18?/m0/s1. The molecule has 3 saturated heterocycles. The van der Waals surface area contributed by atoms with Gasteiger partial charge in [0.05, 0.1) is 12.4 Å². The fourth-order valence-corrected chi connectivity index (χ4v) is 4.92. The van der Waals surface area contributed by atoms with Crippen LogP contribution in [0.2, 0.25) is 0 Å². The zero-order valence-electron chi connectivity index (χ0n) is 13.4. The van der Waals surface area contributed by atoms with E-state index >= 15 is 0 Å². The second-order valence-electron chi connectivity index (χ2n) is 7.47. The van der Waals surface area contributed by atoms with Crippen LogP contribution in [0.4, 0.5) is 0 Å². The summed E-state index contributed by atoms with van der Waals surface area (Å²) < 4.78 is 8.26. The minimum absolute atomic E-state index is 0.369. The zero-order chi connectivity index (χ0) is 15.4. The van der Waals surface area contributed by atoms with Gasteiger partial charge in [-0.15, -0.1) is 0 Å². The van der Waals surface area contributed by atoms with E-state index in [1.807, 2.05) is 36.5 Å². The Morgan fingerprint density at radius 1 is 1.04 bits per heavy atom. The van der Waals surface area contributed by atoms with Gasteiger partial charge in [-0.25, -0.2) is 0 Å². The SMILES string of the molecule is Cn1cc(-c2cncc(OC3[C@H]4CC5C[C@H]3CN(C5)C4)c2)cn1. The lowest BCUT2D eigenvalue weighted by Crippen LogP contribution is -2.61. The molecule has 0 spiro atoms. The normalized spacial score (nSPS) is 34.7. The van der Waals surface area contributed by atoms with E-state index in [0.717, 1.165) is 22.8 Å². The van der Waals surface area contributed by atoms with E-state index in [-0.39, 0.29) is 0 Å². The van der Waals surface area contributed by atoms with Crippen LogP contribution in [0, 0.1) is 17.8 Å². The van der Waals surface area contributed by atoms with Crippen molar-refractivity contribution in [2.24, 2.45) is 24.8 Å². The number of nitrogens with zero attached hydrogens (tertiary/aromatic N) is 4. The molecule has 4 bridgehead atoms. The molecule has 2 aromatic rings. The number of piperidine rings is 3. The van der Waals surface area contributed by atoms with Gasteiger partial charge in [0.1, 0.15) is 11.9 Å². The minimum Gasteiger partial charge on any atom is -0.488 e. The van der Waals surface area contributed by atoms with Crippen molar-refractivity contribution in [1.29, 1.82) is 0 Å². The zero-order valence-corrected chi connectivity index (χ0v) is 13.4. The van der Waals surface area contributed by atoms with Crippen LogP contribution in [-0.4, -0.2) is 45.4 Å². The Morgan fingerprint density at radius 3 is 2.57 bits per heavy atom. The number of hydrogen-bond acceptors (Lipinski definition) is 4. The number of hydrogen-bond donors (Lipinski definition) is 0. The average molecular weight is 310 g/mol. The number of rotatable bonds is 3. The molecule has 23 heavy (non-hydrogen) atoms. The lowest BCUT2D eigenvalue weighted by molar-refractivity contribution is -0.0985. The van der Waals surface area contributed by atoms with Crippen LogP contribution in [0.1, 0.15) is 12.8 Å². The molecule has 0 amide bonds. The molecule has 2 atom stereocenters. The Balaban J connectivity index is 1.38. The van der Waals surface area contributed by atoms with Gasteiger partial charge in [0.15, 0.2) is 0 Å². The van der Waals surface area contributed by atoms with Gasteiger partial charge in [0, 0.05) is 62.0 Å². The lowest BCUT2D eigenvalue weighted by atomic mass is 9.66. The summed E-state index contributed by atoms with van der Waals surface area (Å²) in [5.41, 5.74) is 2.16. The van der Waals surface area contributed by atoms with Crippen LogP contribution < -0.4 is 4.74 Å². The average Bonchev–Trinajstić information content (AvgIpc) is 2.97. The summed E-state index contributed by atoms with van der Waals surface area (Å²) in [5.74, 6) is 3.21. The van der Waals surface area contributed by atoms with Crippen LogP contribution in [0.25, 0.3) is 11.1 Å². The first-order valence-electron chi connectivity index (χ1n) is 8.57. The summed E-state index contributed by atoms with van der Waals surface area (Å²) in [5, 5.41) is 4.24. The van der Waals surface area contributed by atoms with Gasteiger partial charge >= 0.3 is 0 Å². The van der Waals surface area contributed by atoms with Crippen molar-refractivity contribution >= 4 is 0 Å². The highest BCUT2D eigenvalue weighted by Gasteiger charge is 2.48. The van der Waals surface area contributed by atoms with E-state index in [0.29, 0.717) is 17.9 Å². The first kappa shape index (κ1) is 13.5. The van der Waals surface area contributed by atoms with E-state index in [9.17, 15) is 0 Å². The molecule has 5 heterocycles. The molecular weight excluding hydrogens is 288 g/mol. The molecule has 2 aromatic heterocycles. The second kappa shape index (κ2) is 5.06. The fraction of sp³-hybridized carbons (Fsp3) is 0.556. The number of aryl methyl sites for hydroxylation is 1. The maximum Gasteiger partial charge on any atom is 0.138 e. The van der Waals surface area contributed by atoms with Gasteiger partial charge in [-0.1, -0.05) is 0 Å². The van der Waals surface area contributed by atoms with Crippen molar-refractivity contribution in [3.05, 3.63) is 30.9 Å². The molecule has 3 aliphatic heterocycles. The van der Waals surface area contributed by atoms with Crippen LogP contribution in [0.15, 0.2) is 30.9 Å². The van der Waals surface area contributed by atoms with Gasteiger partial charge in [0.25, 0.3) is 0 Å². The number of aromatic nitrogens is 3. The van der Waals surface area contributed by atoms with Gasteiger partial charge in [-0.2, -0.15) is 5.10 Å². The Kier molecular flexibility index (Phi) is 2.98. The molecule has 0 radical (unpaired) electrons. The predicted molar refractivity (Wildman–Crippen MR) is 87.0 cm³/mol. The molecule has 6 rings (SSSR count). The number of ether oxygens (including phenoxy) is 1. The molecule has 5 nitrogen and oxygen atoms in total. The first-order chi connectivity index (χ1) is 11.2. The molecule has 0 unspecified atom stereocenters. The van der Waals surface area contributed by atoms with E-state index in [4.69, 9.17) is 4.74 Å². The third kappa shape index (κ3) is 2.34. The summed E-state index contributed by atoms with van der Waals surface area (Å²) in [6, 6.07) is 2.11. The monoisotopic (exact) mass is 310 g/mol. The van der Waals surface area contributed by atoms with Gasteiger partial charge < -0.3 is 9.64 Å². The largest absolute Gasteiger partial charge is 0.488 e. The van der Waals surface area contributed by atoms with E-state index in [2.05, 4.69) is 21.0 Å². The molecule has 5 heteroatoms. The van der Waals surface area contributed by atoms with E-state index in [1.54, 1.807) is 0 Å². The summed E-state index contributed by atoms with van der Waals surface area (Å²) >= 11 is 0. The first-order valence-corrected chi connectivity index (χ1v) is 8.57. The van der Waals surface area contributed by atoms with Crippen LogP contribution in [0.3, 0.4) is 0 Å². The minimum atomic E-state index is 0.369. The van der Waals surface area contributed by atoms with Gasteiger partial charge in [0.2, 0.25) is 0 Å². The summed E-state index contributed by atoms with van der Waals surface area (Å²) in [6.07, 6.45) is 10.7. The predicted octanol–water partition coefficient (Wildman–Crippen LogP) is 2.20.